The zero-order chi connectivity index (χ0) is 11.5. The SMILES string of the molecule is Cc1ncnc(NC(C)(CO)CO)c1F. The molecule has 0 bridgehead atoms. The molecule has 0 saturated heterocycles. The molecule has 0 amide bonds. The summed E-state index contributed by atoms with van der Waals surface area (Å²) in [5.74, 6) is -0.598. The van der Waals surface area contributed by atoms with Crippen molar-refractivity contribution in [2.24, 2.45) is 0 Å². The lowest BCUT2D eigenvalue weighted by atomic mass is 10.1. The zero-order valence-corrected chi connectivity index (χ0v) is 8.66. The topological polar surface area (TPSA) is 78.3 Å². The normalized spacial score (nSPS) is 11.5. The minimum atomic E-state index is -0.998. The standard InChI is InChI=1S/C9H14FN3O2/c1-6-7(10)8(12-5-11-6)13-9(2,3-14)4-15/h5,14-15H,3-4H2,1-2H3,(H,11,12,13). The second-order valence-electron chi connectivity index (χ2n) is 3.62. The second-order valence-corrected chi connectivity index (χ2v) is 3.62. The van der Waals surface area contributed by atoms with Gasteiger partial charge >= 0.3 is 0 Å². The van der Waals surface area contributed by atoms with Crippen LogP contribution in [0.25, 0.3) is 0 Å². The van der Waals surface area contributed by atoms with E-state index in [2.05, 4.69) is 15.3 Å². The van der Waals surface area contributed by atoms with E-state index in [4.69, 9.17) is 10.2 Å². The maximum atomic E-state index is 13.5. The molecule has 0 aliphatic heterocycles. The third-order valence-corrected chi connectivity index (χ3v) is 2.08. The molecule has 0 unspecified atom stereocenters. The van der Waals surface area contributed by atoms with Crippen LogP contribution in [0, 0.1) is 12.7 Å². The van der Waals surface area contributed by atoms with Crippen molar-refractivity contribution in [3.63, 3.8) is 0 Å². The van der Waals surface area contributed by atoms with Crippen LogP contribution in [0.3, 0.4) is 0 Å². The minimum absolute atomic E-state index is 0.0203. The van der Waals surface area contributed by atoms with E-state index in [1.807, 2.05) is 0 Å². The Kier molecular flexibility index (Phi) is 3.54. The molecule has 1 aromatic heterocycles. The van der Waals surface area contributed by atoms with Gasteiger partial charge in [0.2, 0.25) is 0 Å². The molecule has 1 heterocycles. The molecule has 1 rings (SSSR count). The van der Waals surface area contributed by atoms with Gasteiger partial charge in [-0.25, -0.2) is 14.4 Å². The number of aliphatic hydroxyl groups is 2. The number of nitrogens with one attached hydrogen (secondary N) is 1. The molecular weight excluding hydrogens is 201 g/mol. The van der Waals surface area contributed by atoms with Gasteiger partial charge in [0.25, 0.3) is 0 Å². The molecule has 0 spiro atoms. The largest absolute Gasteiger partial charge is 0.394 e. The van der Waals surface area contributed by atoms with E-state index >= 15 is 0 Å². The van der Waals surface area contributed by atoms with Crippen molar-refractivity contribution in [3.05, 3.63) is 17.8 Å². The number of halogens is 1. The summed E-state index contributed by atoms with van der Waals surface area (Å²) in [6.07, 6.45) is 1.22. The summed E-state index contributed by atoms with van der Waals surface area (Å²) in [6.45, 7) is 2.42. The van der Waals surface area contributed by atoms with Gasteiger partial charge in [0.05, 0.1) is 24.4 Å². The Balaban J connectivity index is 2.94. The van der Waals surface area contributed by atoms with Crippen LogP contribution in [0.15, 0.2) is 6.33 Å². The summed E-state index contributed by atoms with van der Waals surface area (Å²) in [5, 5.41) is 20.7. The fourth-order valence-electron chi connectivity index (χ4n) is 0.960. The van der Waals surface area contributed by atoms with Gasteiger partial charge in [0.15, 0.2) is 11.6 Å². The van der Waals surface area contributed by atoms with Gasteiger partial charge in [0, 0.05) is 0 Å². The molecule has 0 aliphatic carbocycles. The van der Waals surface area contributed by atoms with Gasteiger partial charge in [-0.05, 0) is 13.8 Å². The Bertz CT molecular complexity index is 342. The van der Waals surface area contributed by atoms with Crippen LogP contribution in [-0.2, 0) is 0 Å². The summed E-state index contributed by atoms with van der Waals surface area (Å²) >= 11 is 0. The molecule has 15 heavy (non-hydrogen) atoms. The maximum Gasteiger partial charge on any atom is 0.186 e. The third-order valence-electron chi connectivity index (χ3n) is 2.08. The van der Waals surface area contributed by atoms with Gasteiger partial charge in [-0.2, -0.15) is 0 Å². The molecule has 3 N–H and O–H groups in total. The highest BCUT2D eigenvalue weighted by atomic mass is 19.1. The number of aryl methyl sites for hydroxylation is 1. The number of rotatable bonds is 4. The molecule has 0 radical (unpaired) electrons. The van der Waals surface area contributed by atoms with Crippen molar-refractivity contribution in [3.8, 4) is 0 Å². The molecule has 0 saturated carbocycles. The molecular formula is C9H14FN3O2. The van der Waals surface area contributed by atoms with Crippen LogP contribution >= 0.6 is 0 Å². The Morgan fingerprint density at radius 1 is 1.40 bits per heavy atom. The van der Waals surface area contributed by atoms with Crippen molar-refractivity contribution >= 4 is 5.82 Å². The van der Waals surface area contributed by atoms with Gasteiger partial charge in [-0.15, -0.1) is 0 Å². The number of hydrogen-bond donors (Lipinski definition) is 3. The Hall–Kier alpha value is -1.27. The van der Waals surface area contributed by atoms with Crippen molar-refractivity contribution in [1.29, 1.82) is 0 Å². The van der Waals surface area contributed by atoms with Crippen molar-refractivity contribution in [2.45, 2.75) is 19.4 Å². The van der Waals surface area contributed by atoms with Gasteiger partial charge in [0.1, 0.15) is 6.33 Å². The third kappa shape index (κ3) is 2.60. The first-order valence-corrected chi connectivity index (χ1v) is 4.49. The van der Waals surface area contributed by atoms with E-state index in [0.29, 0.717) is 0 Å². The summed E-state index contributed by atoms with van der Waals surface area (Å²) < 4.78 is 13.5. The van der Waals surface area contributed by atoms with E-state index in [0.717, 1.165) is 0 Å². The highest BCUT2D eigenvalue weighted by Crippen LogP contribution is 2.16. The van der Waals surface area contributed by atoms with Crippen LogP contribution in [0.2, 0.25) is 0 Å². The zero-order valence-electron chi connectivity index (χ0n) is 8.66. The number of anilines is 1. The highest BCUT2D eigenvalue weighted by molar-refractivity contribution is 5.39. The second kappa shape index (κ2) is 4.50. The Labute approximate surface area is 87.0 Å². The number of aromatic nitrogens is 2. The molecule has 0 atom stereocenters. The summed E-state index contributed by atoms with van der Waals surface area (Å²) in [5.41, 5.74) is -0.785. The van der Waals surface area contributed by atoms with Gasteiger partial charge in [-0.1, -0.05) is 0 Å². The van der Waals surface area contributed by atoms with Crippen LogP contribution in [0.5, 0.6) is 0 Å². The molecule has 0 aliphatic rings. The summed E-state index contributed by atoms with van der Waals surface area (Å²) in [4.78, 5) is 7.37. The fourth-order valence-corrected chi connectivity index (χ4v) is 0.960. The Morgan fingerprint density at radius 3 is 2.53 bits per heavy atom. The summed E-state index contributed by atoms with van der Waals surface area (Å²) in [6, 6.07) is 0. The van der Waals surface area contributed by atoms with Gasteiger partial charge < -0.3 is 15.5 Å². The quantitative estimate of drug-likeness (QED) is 0.663. The molecule has 6 heteroatoms. The van der Waals surface area contributed by atoms with Crippen molar-refractivity contribution < 1.29 is 14.6 Å². The lowest BCUT2D eigenvalue weighted by Gasteiger charge is -2.26. The maximum absolute atomic E-state index is 13.5. The van der Waals surface area contributed by atoms with Crippen LogP contribution in [0.4, 0.5) is 10.2 Å². The van der Waals surface area contributed by atoms with E-state index in [9.17, 15) is 4.39 Å². The first-order valence-electron chi connectivity index (χ1n) is 4.49. The lowest BCUT2D eigenvalue weighted by Crippen LogP contribution is -2.43. The number of hydrogen-bond acceptors (Lipinski definition) is 5. The van der Waals surface area contributed by atoms with Crippen molar-refractivity contribution in [2.75, 3.05) is 18.5 Å². The van der Waals surface area contributed by atoms with Crippen LogP contribution in [-0.4, -0.2) is 38.9 Å². The average Bonchev–Trinajstić information content (AvgIpc) is 2.25. The van der Waals surface area contributed by atoms with E-state index in [-0.39, 0.29) is 24.7 Å². The molecule has 5 nitrogen and oxygen atoms in total. The lowest BCUT2D eigenvalue weighted by molar-refractivity contribution is 0.147. The van der Waals surface area contributed by atoms with Crippen LogP contribution in [0.1, 0.15) is 12.6 Å². The minimum Gasteiger partial charge on any atom is -0.394 e. The van der Waals surface area contributed by atoms with E-state index < -0.39 is 11.4 Å². The molecule has 84 valence electrons. The smallest absolute Gasteiger partial charge is 0.186 e. The first kappa shape index (κ1) is 11.8. The summed E-state index contributed by atoms with van der Waals surface area (Å²) in [7, 11) is 0. The predicted molar refractivity (Wildman–Crippen MR) is 52.9 cm³/mol. The fraction of sp³-hybridized carbons (Fsp3) is 0.556. The highest BCUT2D eigenvalue weighted by Gasteiger charge is 2.24. The first-order chi connectivity index (χ1) is 7.02. The van der Waals surface area contributed by atoms with Crippen LogP contribution < -0.4 is 5.32 Å². The molecule has 0 aromatic carbocycles. The number of aliphatic hydroxyl groups excluding tert-OH is 2. The number of nitrogens with zero attached hydrogens (tertiary/aromatic N) is 2. The monoisotopic (exact) mass is 215 g/mol. The molecule has 0 fully saturated rings. The van der Waals surface area contributed by atoms with Gasteiger partial charge in [-0.3, -0.25) is 0 Å². The Morgan fingerprint density at radius 2 is 2.00 bits per heavy atom. The van der Waals surface area contributed by atoms with E-state index in [1.165, 1.54) is 13.3 Å². The molecule has 1 aromatic rings. The van der Waals surface area contributed by atoms with E-state index in [1.54, 1.807) is 6.92 Å². The predicted octanol–water partition coefficient (Wildman–Crippen LogP) is 0.0793. The van der Waals surface area contributed by atoms with Crippen molar-refractivity contribution in [1.82, 2.24) is 9.97 Å². The average molecular weight is 215 g/mol.